The van der Waals surface area contributed by atoms with Gasteiger partial charge in [-0.2, -0.15) is 9.97 Å². The molecule has 0 fully saturated rings. The fourth-order valence-corrected chi connectivity index (χ4v) is 7.69. The average Bonchev–Trinajstić information content (AvgIpc) is 3.62. The van der Waals surface area contributed by atoms with Crippen molar-refractivity contribution >= 4 is 38.9 Å². The largest absolute Gasteiger partial charge is 0.310 e. The number of hydrogen-bond donors (Lipinski definition) is 0. The average molecular weight is 718 g/mol. The monoisotopic (exact) mass is 717 g/mol. The van der Waals surface area contributed by atoms with Crippen molar-refractivity contribution in [2.75, 3.05) is 4.90 Å². The quantitative estimate of drug-likeness (QED) is 0.157. The zero-order valence-electron chi connectivity index (χ0n) is 30.4. The molecule has 264 valence electrons. The van der Waals surface area contributed by atoms with Gasteiger partial charge in [-0.3, -0.25) is 4.57 Å². The van der Waals surface area contributed by atoms with E-state index in [1.54, 1.807) is 0 Å². The molecule has 0 saturated heterocycles. The first-order valence-electron chi connectivity index (χ1n) is 18.8. The van der Waals surface area contributed by atoms with Gasteiger partial charge in [0.1, 0.15) is 0 Å². The van der Waals surface area contributed by atoms with Gasteiger partial charge in [-0.1, -0.05) is 170 Å². The van der Waals surface area contributed by atoms with Crippen LogP contribution in [-0.4, -0.2) is 19.5 Å². The van der Waals surface area contributed by atoms with Crippen molar-refractivity contribution in [2.24, 2.45) is 0 Å². The van der Waals surface area contributed by atoms with Gasteiger partial charge >= 0.3 is 0 Å². The van der Waals surface area contributed by atoms with Crippen LogP contribution in [0.1, 0.15) is 0 Å². The van der Waals surface area contributed by atoms with Gasteiger partial charge in [0.15, 0.2) is 11.6 Å². The van der Waals surface area contributed by atoms with Crippen molar-refractivity contribution < 1.29 is 0 Å². The Kier molecular flexibility index (Phi) is 8.43. The third-order valence-corrected chi connectivity index (χ3v) is 10.3. The summed E-state index contributed by atoms with van der Waals surface area (Å²) >= 11 is 0. The number of rotatable bonds is 8. The summed E-state index contributed by atoms with van der Waals surface area (Å²) in [5.41, 5.74) is 11.4. The summed E-state index contributed by atoms with van der Waals surface area (Å²) in [4.78, 5) is 18.2. The molecule has 0 radical (unpaired) electrons. The molecule has 0 aliphatic carbocycles. The molecule has 2 aromatic heterocycles. The summed E-state index contributed by atoms with van der Waals surface area (Å²) in [6.45, 7) is 0. The van der Waals surface area contributed by atoms with E-state index in [-0.39, 0.29) is 0 Å². The lowest BCUT2D eigenvalue weighted by atomic mass is 9.96. The zero-order chi connectivity index (χ0) is 37.3. The summed E-state index contributed by atoms with van der Waals surface area (Å²) in [5, 5.41) is 2.28. The topological polar surface area (TPSA) is 46.8 Å². The molecule has 2 heterocycles. The van der Waals surface area contributed by atoms with E-state index in [2.05, 4.69) is 198 Å². The smallest absolute Gasteiger partial charge is 0.238 e. The van der Waals surface area contributed by atoms with Crippen LogP contribution in [-0.2, 0) is 0 Å². The maximum Gasteiger partial charge on any atom is 0.238 e. The van der Waals surface area contributed by atoms with Crippen LogP contribution in [0.2, 0.25) is 0 Å². The van der Waals surface area contributed by atoms with Crippen LogP contribution >= 0.6 is 0 Å². The first kappa shape index (κ1) is 33.0. The van der Waals surface area contributed by atoms with E-state index in [1.165, 1.54) is 0 Å². The molecule has 0 bridgehead atoms. The molecule has 5 nitrogen and oxygen atoms in total. The summed E-state index contributed by atoms with van der Waals surface area (Å²) in [6.07, 6.45) is 0. The second-order valence-corrected chi connectivity index (χ2v) is 13.7. The Morgan fingerprint density at radius 3 is 1.55 bits per heavy atom. The summed E-state index contributed by atoms with van der Waals surface area (Å²) in [6, 6.07) is 73.8. The summed E-state index contributed by atoms with van der Waals surface area (Å²) in [7, 11) is 0. The van der Waals surface area contributed by atoms with Crippen molar-refractivity contribution in [2.45, 2.75) is 0 Å². The molecule has 0 saturated carbocycles. The molecule has 0 atom stereocenters. The minimum absolute atomic E-state index is 0.559. The number of benzene rings is 8. The van der Waals surface area contributed by atoms with Gasteiger partial charge in [0.05, 0.1) is 16.7 Å². The van der Waals surface area contributed by atoms with Crippen molar-refractivity contribution in [1.82, 2.24) is 19.5 Å². The van der Waals surface area contributed by atoms with Crippen molar-refractivity contribution in [3.63, 3.8) is 0 Å². The van der Waals surface area contributed by atoms with Crippen LogP contribution in [0.5, 0.6) is 0 Å². The van der Waals surface area contributed by atoms with E-state index in [0.717, 1.165) is 72.2 Å². The Balaban J connectivity index is 1.22. The molecule has 0 aliphatic rings. The maximum absolute atomic E-state index is 5.38. The van der Waals surface area contributed by atoms with Gasteiger partial charge < -0.3 is 4.90 Å². The first-order valence-corrected chi connectivity index (χ1v) is 18.8. The van der Waals surface area contributed by atoms with Crippen molar-refractivity contribution in [3.05, 3.63) is 212 Å². The molecule has 0 amide bonds. The van der Waals surface area contributed by atoms with Crippen molar-refractivity contribution in [3.8, 4) is 51.0 Å². The molecule has 10 aromatic rings. The van der Waals surface area contributed by atoms with Crippen LogP contribution in [0.25, 0.3) is 72.8 Å². The van der Waals surface area contributed by atoms with Gasteiger partial charge in [-0.15, -0.1) is 0 Å². The second-order valence-electron chi connectivity index (χ2n) is 13.7. The Hall–Kier alpha value is -7.63. The van der Waals surface area contributed by atoms with Gasteiger partial charge in [0.25, 0.3) is 0 Å². The van der Waals surface area contributed by atoms with Crippen LogP contribution in [0.4, 0.5) is 17.1 Å². The molecular weight excluding hydrogens is 683 g/mol. The summed E-state index contributed by atoms with van der Waals surface area (Å²) in [5.74, 6) is 1.76. The predicted molar refractivity (Wildman–Crippen MR) is 231 cm³/mol. The van der Waals surface area contributed by atoms with E-state index in [0.29, 0.717) is 17.6 Å². The number of para-hydroxylation sites is 4. The van der Waals surface area contributed by atoms with Gasteiger partial charge in [-0.25, -0.2) is 4.98 Å². The molecule has 8 aromatic carbocycles. The Labute approximate surface area is 325 Å². The van der Waals surface area contributed by atoms with Gasteiger partial charge in [0, 0.05) is 38.8 Å². The Bertz CT molecular complexity index is 2920. The first-order chi connectivity index (χ1) is 27.8. The van der Waals surface area contributed by atoms with Gasteiger partial charge in [0.2, 0.25) is 5.95 Å². The van der Waals surface area contributed by atoms with E-state index in [1.807, 2.05) is 24.3 Å². The predicted octanol–water partition coefficient (Wildman–Crippen LogP) is 13.1. The third kappa shape index (κ3) is 5.98. The number of anilines is 3. The molecule has 0 N–H and O–H groups in total. The number of fused-ring (bicyclic) bond motifs is 3. The lowest BCUT2D eigenvalue weighted by Crippen LogP contribution is -2.11. The molecule has 5 heteroatoms. The van der Waals surface area contributed by atoms with E-state index in [9.17, 15) is 0 Å². The second kappa shape index (κ2) is 14.3. The highest BCUT2D eigenvalue weighted by Crippen LogP contribution is 2.43. The fraction of sp³-hybridized carbons (Fsp3) is 0. The zero-order valence-corrected chi connectivity index (χ0v) is 30.4. The normalized spacial score (nSPS) is 11.2. The van der Waals surface area contributed by atoms with E-state index >= 15 is 0 Å². The minimum atomic E-state index is 0.559. The van der Waals surface area contributed by atoms with E-state index in [4.69, 9.17) is 15.0 Å². The summed E-state index contributed by atoms with van der Waals surface area (Å²) < 4.78 is 2.19. The minimum Gasteiger partial charge on any atom is -0.310 e. The standard InChI is InChI=1S/C51H35N5/c1-5-19-36(20-6-1)38-33-34-44-43-29-16-18-32-47(43)56(48(44)35-38)51-53-49(37-21-7-2-8-22-37)52-50(54-51)45-30-14-13-27-41(45)42-28-15-17-31-46(42)55(39-23-9-3-10-24-39)40-25-11-4-12-26-40/h1-35H. The van der Waals surface area contributed by atoms with E-state index < -0.39 is 0 Å². The number of hydrogen-bond acceptors (Lipinski definition) is 4. The Morgan fingerprint density at radius 1 is 0.339 bits per heavy atom. The molecule has 0 unspecified atom stereocenters. The molecule has 10 rings (SSSR count). The fourth-order valence-electron chi connectivity index (χ4n) is 7.69. The van der Waals surface area contributed by atoms with Crippen LogP contribution in [0, 0.1) is 0 Å². The highest BCUT2D eigenvalue weighted by atomic mass is 15.2. The van der Waals surface area contributed by atoms with Crippen LogP contribution in [0.15, 0.2) is 212 Å². The van der Waals surface area contributed by atoms with Crippen LogP contribution < -0.4 is 4.90 Å². The maximum atomic E-state index is 5.38. The molecule has 0 aliphatic heterocycles. The number of nitrogens with zero attached hydrogens (tertiary/aromatic N) is 5. The molecule has 0 spiro atoms. The lowest BCUT2D eigenvalue weighted by molar-refractivity contribution is 0.954. The number of aromatic nitrogens is 4. The Morgan fingerprint density at radius 2 is 0.857 bits per heavy atom. The molecular formula is C51H35N5. The highest BCUT2D eigenvalue weighted by Gasteiger charge is 2.22. The van der Waals surface area contributed by atoms with Gasteiger partial charge in [-0.05, 0) is 59.2 Å². The third-order valence-electron chi connectivity index (χ3n) is 10.3. The lowest BCUT2D eigenvalue weighted by Gasteiger charge is -2.28. The van der Waals surface area contributed by atoms with Crippen molar-refractivity contribution in [1.29, 1.82) is 0 Å². The molecule has 56 heavy (non-hydrogen) atoms. The van der Waals surface area contributed by atoms with Crippen LogP contribution in [0.3, 0.4) is 0 Å². The SMILES string of the molecule is c1ccc(-c2ccc3c4ccccc4n(-c4nc(-c5ccccc5)nc(-c5ccccc5-c5ccccc5N(c5ccccc5)c5ccccc5)n4)c3c2)cc1. The highest BCUT2D eigenvalue weighted by molar-refractivity contribution is 6.10.